The normalized spacial score (nSPS) is 14.8. The first-order chi connectivity index (χ1) is 16.4. The summed E-state index contributed by atoms with van der Waals surface area (Å²) < 4.78 is 5.19. The van der Waals surface area contributed by atoms with Crippen molar-refractivity contribution in [2.45, 2.75) is 80.3 Å². The van der Waals surface area contributed by atoms with Gasteiger partial charge in [0.25, 0.3) is 0 Å². The molecule has 0 saturated carbocycles. The number of ether oxygens (including phenoxy) is 1. The fourth-order valence-electron chi connectivity index (χ4n) is 3.75. The molecule has 7 heteroatoms. The Kier molecular flexibility index (Phi) is 12.7. The minimum atomic E-state index is -0.853. The number of carbonyl (C=O) groups is 4. The smallest absolute Gasteiger partial charge is 0.328 e. The summed E-state index contributed by atoms with van der Waals surface area (Å²) in [6.07, 6.45) is 0.269. The molecule has 0 spiro atoms. The van der Waals surface area contributed by atoms with Gasteiger partial charge < -0.3 is 15.4 Å². The maximum atomic E-state index is 13.3. The molecule has 0 radical (unpaired) electrons. The highest BCUT2D eigenvalue weighted by molar-refractivity contribution is 5.94. The Labute approximate surface area is 210 Å². The van der Waals surface area contributed by atoms with Crippen LogP contribution in [0.1, 0.15) is 67.4 Å². The van der Waals surface area contributed by atoms with Crippen molar-refractivity contribution in [3.63, 3.8) is 0 Å². The van der Waals surface area contributed by atoms with Crippen LogP contribution in [0.4, 0.5) is 0 Å². The van der Waals surface area contributed by atoms with Crippen molar-refractivity contribution in [2.24, 2.45) is 29.6 Å². The first-order valence-electron chi connectivity index (χ1n) is 12.7. The molecule has 1 aromatic rings. The fourth-order valence-corrected chi connectivity index (χ4v) is 3.75. The van der Waals surface area contributed by atoms with Gasteiger partial charge in [0.15, 0.2) is 5.78 Å². The zero-order chi connectivity index (χ0) is 26.7. The van der Waals surface area contributed by atoms with Crippen LogP contribution >= 0.6 is 0 Å². The summed E-state index contributed by atoms with van der Waals surface area (Å²) in [5, 5.41) is 5.72. The Hall–Kier alpha value is -2.70. The van der Waals surface area contributed by atoms with Crippen LogP contribution in [-0.4, -0.2) is 42.3 Å². The Morgan fingerprint density at radius 2 is 1.40 bits per heavy atom. The van der Waals surface area contributed by atoms with E-state index in [2.05, 4.69) is 10.6 Å². The summed E-state index contributed by atoms with van der Waals surface area (Å²) in [6.45, 7) is 15.2. The van der Waals surface area contributed by atoms with Crippen molar-refractivity contribution in [3.8, 4) is 0 Å². The van der Waals surface area contributed by atoms with E-state index in [0.29, 0.717) is 6.42 Å². The van der Waals surface area contributed by atoms with Gasteiger partial charge in [0.05, 0.1) is 12.6 Å². The van der Waals surface area contributed by atoms with E-state index in [1.54, 1.807) is 6.92 Å². The number of benzene rings is 1. The molecule has 35 heavy (non-hydrogen) atoms. The van der Waals surface area contributed by atoms with Crippen LogP contribution in [0.25, 0.3) is 0 Å². The number of ketones is 1. The quantitative estimate of drug-likeness (QED) is 0.386. The average Bonchev–Trinajstić information content (AvgIpc) is 2.79. The molecule has 0 aliphatic heterocycles. The van der Waals surface area contributed by atoms with Crippen molar-refractivity contribution in [1.29, 1.82) is 0 Å². The van der Waals surface area contributed by atoms with Gasteiger partial charge in [-0.1, -0.05) is 78.8 Å². The van der Waals surface area contributed by atoms with Crippen molar-refractivity contribution < 1.29 is 23.9 Å². The number of esters is 1. The molecule has 1 aromatic carbocycles. The lowest BCUT2D eigenvalue weighted by Gasteiger charge is -2.28. The number of Topliss-reactive ketones (excluding diaryl/α,β-unsaturated/α-hetero) is 1. The molecular weight excluding hydrogens is 444 g/mol. The number of rotatable bonds is 14. The van der Waals surface area contributed by atoms with Gasteiger partial charge in [-0.2, -0.15) is 0 Å². The van der Waals surface area contributed by atoms with E-state index in [-0.39, 0.29) is 54.3 Å². The largest absolute Gasteiger partial charge is 0.464 e. The number of hydrogen-bond acceptors (Lipinski definition) is 5. The highest BCUT2D eigenvalue weighted by Gasteiger charge is 2.34. The van der Waals surface area contributed by atoms with E-state index in [1.807, 2.05) is 78.8 Å². The van der Waals surface area contributed by atoms with Crippen molar-refractivity contribution in [3.05, 3.63) is 35.9 Å². The van der Waals surface area contributed by atoms with Gasteiger partial charge in [0, 0.05) is 24.7 Å². The minimum Gasteiger partial charge on any atom is -0.464 e. The molecule has 2 amide bonds. The Balaban J connectivity index is 3.01. The zero-order valence-corrected chi connectivity index (χ0v) is 22.6. The van der Waals surface area contributed by atoms with Crippen LogP contribution in [-0.2, 0) is 30.3 Å². The molecule has 7 nitrogen and oxygen atoms in total. The van der Waals surface area contributed by atoms with E-state index in [4.69, 9.17) is 4.74 Å². The molecule has 0 fully saturated rings. The lowest BCUT2D eigenvalue weighted by molar-refractivity contribution is -0.148. The van der Waals surface area contributed by atoms with Crippen molar-refractivity contribution in [1.82, 2.24) is 10.6 Å². The second-order valence-corrected chi connectivity index (χ2v) is 10.3. The lowest BCUT2D eigenvalue weighted by atomic mass is 9.85. The molecule has 196 valence electrons. The van der Waals surface area contributed by atoms with Gasteiger partial charge >= 0.3 is 5.97 Å². The second kappa shape index (κ2) is 14.6. The van der Waals surface area contributed by atoms with Crippen LogP contribution in [0, 0.1) is 29.6 Å². The number of hydrogen-bond donors (Lipinski definition) is 2. The number of amides is 2. The number of carbonyl (C=O) groups excluding carboxylic acids is 4. The summed E-state index contributed by atoms with van der Waals surface area (Å²) in [4.78, 5) is 51.7. The van der Waals surface area contributed by atoms with Crippen LogP contribution in [0.2, 0.25) is 0 Å². The molecule has 0 aliphatic rings. The van der Waals surface area contributed by atoms with Crippen LogP contribution in [0.15, 0.2) is 30.3 Å². The van der Waals surface area contributed by atoms with Gasteiger partial charge in [-0.15, -0.1) is 0 Å². The van der Waals surface area contributed by atoms with Gasteiger partial charge in [0.2, 0.25) is 11.8 Å². The maximum Gasteiger partial charge on any atom is 0.328 e. The van der Waals surface area contributed by atoms with E-state index in [0.717, 1.165) is 5.56 Å². The summed E-state index contributed by atoms with van der Waals surface area (Å²) in [5.74, 6) is -2.20. The van der Waals surface area contributed by atoms with Gasteiger partial charge in [-0.25, -0.2) is 4.79 Å². The van der Waals surface area contributed by atoms with Crippen LogP contribution < -0.4 is 10.6 Å². The molecule has 0 unspecified atom stereocenters. The zero-order valence-electron chi connectivity index (χ0n) is 22.6. The highest BCUT2D eigenvalue weighted by atomic mass is 16.5. The lowest BCUT2D eigenvalue weighted by Crippen LogP contribution is -2.50. The standard InChI is InChI=1S/C28H44N2O5/c1-9-35-28(34)23(15-21-13-11-10-12-14-21)29-27(33)22(18(4)5)16-24(31)25(19(6)7)30-26(32)20(8)17(2)3/h10-14,17-20,22-23,25H,9,15-16H2,1-8H3,(H,29,33)(H,30,32)/t20-,22-,23-,25-/m0/s1. The molecule has 0 heterocycles. The second-order valence-electron chi connectivity index (χ2n) is 10.3. The fraction of sp³-hybridized carbons (Fsp3) is 0.643. The van der Waals surface area contributed by atoms with E-state index in [9.17, 15) is 19.2 Å². The molecule has 2 N–H and O–H groups in total. The molecule has 0 bridgehead atoms. The third kappa shape index (κ3) is 9.82. The van der Waals surface area contributed by atoms with E-state index in [1.165, 1.54) is 0 Å². The Bertz CT molecular complexity index is 835. The topological polar surface area (TPSA) is 102 Å². The Morgan fingerprint density at radius 3 is 1.89 bits per heavy atom. The SMILES string of the molecule is CCOC(=O)[C@H](Cc1ccccc1)NC(=O)[C@@H](CC(=O)[C@@H](NC(=O)[C@@H](C)C(C)C)C(C)C)C(C)C. The minimum absolute atomic E-state index is 0.0242. The molecule has 0 saturated heterocycles. The van der Waals surface area contributed by atoms with E-state index < -0.39 is 24.0 Å². The van der Waals surface area contributed by atoms with Gasteiger partial charge in [-0.05, 0) is 30.2 Å². The van der Waals surface area contributed by atoms with Gasteiger partial charge in [0.1, 0.15) is 6.04 Å². The highest BCUT2D eigenvalue weighted by Crippen LogP contribution is 2.20. The van der Waals surface area contributed by atoms with Crippen LogP contribution in [0.3, 0.4) is 0 Å². The van der Waals surface area contributed by atoms with Gasteiger partial charge in [-0.3, -0.25) is 14.4 Å². The summed E-state index contributed by atoms with van der Waals surface area (Å²) in [5.41, 5.74) is 0.893. The molecule has 0 aromatic heterocycles. The molecule has 1 rings (SSSR count). The predicted octanol–water partition coefficient (Wildman–Crippen LogP) is 3.94. The third-order valence-electron chi connectivity index (χ3n) is 6.46. The maximum absolute atomic E-state index is 13.3. The van der Waals surface area contributed by atoms with Crippen molar-refractivity contribution >= 4 is 23.6 Å². The van der Waals surface area contributed by atoms with E-state index >= 15 is 0 Å². The van der Waals surface area contributed by atoms with Crippen molar-refractivity contribution in [2.75, 3.05) is 6.61 Å². The predicted molar refractivity (Wildman–Crippen MR) is 137 cm³/mol. The van der Waals surface area contributed by atoms with Crippen LogP contribution in [0.5, 0.6) is 0 Å². The molecule has 4 atom stereocenters. The third-order valence-corrected chi connectivity index (χ3v) is 6.46. The Morgan fingerprint density at radius 1 is 0.800 bits per heavy atom. The summed E-state index contributed by atoms with van der Waals surface area (Å²) >= 11 is 0. The number of nitrogens with one attached hydrogen (secondary N) is 2. The first kappa shape index (κ1) is 30.3. The summed E-state index contributed by atoms with van der Waals surface area (Å²) in [6, 6.07) is 7.86. The molecule has 0 aliphatic carbocycles. The average molecular weight is 489 g/mol. The summed E-state index contributed by atoms with van der Waals surface area (Å²) in [7, 11) is 0. The monoisotopic (exact) mass is 488 g/mol. The molecular formula is C28H44N2O5. The first-order valence-corrected chi connectivity index (χ1v) is 12.7.